The highest BCUT2D eigenvalue weighted by atomic mass is 35.5. The number of aryl methyl sites for hydroxylation is 2. The summed E-state index contributed by atoms with van der Waals surface area (Å²) < 4.78 is 0. The number of benzene rings is 2. The van der Waals surface area contributed by atoms with Crippen LogP contribution in [-0.2, 0) is 12.8 Å². The average Bonchev–Trinajstić information content (AvgIpc) is 2.46. The van der Waals surface area contributed by atoms with Crippen LogP contribution in [0, 0.1) is 0 Å². The Balaban J connectivity index is 1.98. The Morgan fingerprint density at radius 3 is 2.50 bits per heavy atom. The molecule has 3 heteroatoms. The molecule has 0 saturated carbocycles. The summed E-state index contributed by atoms with van der Waals surface area (Å²) >= 11 is 6.12. The molecule has 0 atom stereocenters. The molecule has 2 N–H and O–H groups in total. The number of hydrogen-bond donors (Lipinski definition) is 1. The first kappa shape index (κ1) is 13.2. The summed E-state index contributed by atoms with van der Waals surface area (Å²) in [4.78, 5) is 12.5. The molecule has 0 unspecified atom stereocenters. The average molecular weight is 286 g/mol. The Morgan fingerprint density at radius 1 is 1.00 bits per heavy atom. The lowest BCUT2D eigenvalue weighted by molar-refractivity contribution is 0.103. The van der Waals surface area contributed by atoms with Gasteiger partial charge in [0, 0.05) is 16.8 Å². The van der Waals surface area contributed by atoms with Crippen LogP contribution in [0.4, 0.5) is 5.69 Å². The Bertz CT molecular complexity index is 679. The summed E-state index contributed by atoms with van der Waals surface area (Å²) in [5, 5.41) is 0.410. The Hall–Kier alpha value is -1.80. The van der Waals surface area contributed by atoms with E-state index in [2.05, 4.69) is 6.07 Å². The third kappa shape index (κ3) is 2.44. The van der Waals surface area contributed by atoms with Crippen molar-refractivity contribution in [2.24, 2.45) is 0 Å². The largest absolute Gasteiger partial charge is 0.399 e. The van der Waals surface area contributed by atoms with Crippen LogP contribution in [0.15, 0.2) is 36.4 Å². The summed E-state index contributed by atoms with van der Waals surface area (Å²) in [5.41, 5.74) is 10.1. The summed E-state index contributed by atoms with van der Waals surface area (Å²) in [7, 11) is 0. The fourth-order valence-electron chi connectivity index (χ4n) is 2.75. The van der Waals surface area contributed by atoms with Crippen molar-refractivity contribution < 1.29 is 4.79 Å². The molecule has 102 valence electrons. The van der Waals surface area contributed by atoms with Gasteiger partial charge in [0.05, 0.1) is 5.02 Å². The molecule has 2 aromatic carbocycles. The van der Waals surface area contributed by atoms with Crippen molar-refractivity contribution in [1.82, 2.24) is 0 Å². The number of hydrogen-bond acceptors (Lipinski definition) is 2. The molecule has 2 aromatic rings. The molecule has 20 heavy (non-hydrogen) atoms. The Kier molecular flexibility index (Phi) is 3.49. The third-order valence-electron chi connectivity index (χ3n) is 3.85. The van der Waals surface area contributed by atoms with E-state index in [1.54, 1.807) is 18.2 Å². The second-order valence-corrected chi connectivity index (χ2v) is 5.67. The Morgan fingerprint density at radius 2 is 1.75 bits per heavy atom. The van der Waals surface area contributed by atoms with E-state index >= 15 is 0 Å². The number of fused-ring (bicyclic) bond motifs is 1. The normalized spacial score (nSPS) is 13.8. The molecular weight excluding hydrogens is 270 g/mol. The third-order valence-corrected chi connectivity index (χ3v) is 4.16. The SMILES string of the molecule is Nc1ccc(C(=O)c2ccc3c(c2)CCCC3)c(Cl)c1. The molecule has 0 fully saturated rings. The van der Waals surface area contributed by atoms with Gasteiger partial charge in [-0.25, -0.2) is 0 Å². The van der Waals surface area contributed by atoms with Gasteiger partial charge in [-0.1, -0.05) is 23.7 Å². The standard InChI is InChI=1S/C17H16ClNO/c18-16-10-14(19)7-8-15(16)17(20)13-6-5-11-3-1-2-4-12(11)9-13/h5-10H,1-4,19H2. The van der Waals surface area contributed by atoms with Crippen LogP contribution in [0.1, 0.15) is 39.9 Å². The number of rotatable bonds is 2. The van der Waals surface area contributed by atoms with Crippen LogP contribution in [0.3, 0.4) is 0 Å². The molecule has 0 amide bonds. The number of nitrogen functional groups attached to an aromatic ring is 1. The number of nitrogens with two attached hydrogens (primary N) is 1. The number of ketones is 1. The lowest BCUT2D eigenvalue weighted by atomic mass is 9.89. The molecule has 0 aliphatic heterocycles. The molecule has 2 nitrogen and oxygen atoms in total. The molecule has 0 aromatic heterocycles. The van der Waals surface area contributed by atoms with Gasteiger partial charge in [0.15, 0.2) is 5.78 Å². The zero-order valence-corrected chi connectivity index (χ0v) is 11.9. The molecule has 0 spiro atoms. The highest BCUT2D eigenvalue weighted by Gasteiger charge is 2.16. The first-order chi connectivity index (χ1) is 9.65. The monoisotopic (exact) mass is 285 g/mol. The van der Waals surface area contributed by atoms with Crippen LogP contribution in [0.5, 0.6) is 0 Å². The van der Waals surface area contributed by atoms with Gasteiger partial charge in [-0.3, -0.25) is 4.79 Å². The summed E-state index contributed by atoms with van der Waals surface area (Å²) in [6.45, 7) is 0. The van der Waals surface area contributed by atoms with Crippen LogP contribution < -0.4 is 5.73 Å². The van der Waals surface area contributed by atoms with E-state index in [0.29, 0.717) is 21.8 Å². The lowest BCUT2D eigenvalue weighted by Crippen LogP contribution is -2.07. The summed E-state index contributed by atoms with van der Waals surface area (Å²) in [6.07, 6.45) is 4.62. The molecule has 0 heterocycles. The van der Waals surface area contributed by atoms with Gasteiger partial charge >= 0.3 is 0 Å². The molecule has 1 aliphatic carbocycles. The van der Waals surface area contributed by atoms with Gasteiger partial charge in [-0.2, -0.15) is 0 Å². The van der Waals surface area contributed by atoms with Crippen molar-refractivity contribution in [3.8, 4) is 0 Å². The van der Waals surface area contributed by atoms with Crippen molar-refractivity contribution in [3.05, 3.63) is 63.7 Å². The van der Waals surface area contributed by atoms with E-state index in [1.807, 2.05) is 12.1 Å². The molecule has 1 aliphatic rings. The fourth-order valence-corrected chi connectivity index (χ4v) is 3.02. The minimum absolute atomic E-state index is 0.0385. The van der Waals surface area contributed by atoms with E-state index in [0.717, 1.165) is 12.8 Å². The number of anilines is 1. The zero-order chi connectivity index (χ0) is 14.1. The number of halogens is 1. The molecule has 0 radical (unpaired) electrons. The minimum atomic E-state index is -0.0385. The zero-order valence-electron chi connectivity index (χ0n) is 11.2. The van der Waals surface area contributed by atoms with Gasteiger partial charge in [0.2, 0.25) is 0 Å². The van der Waals surface area contributed by atoms with E-state index in [4.69, 9.17) is 17.3 Å². The van der Waals surface area contributed by atoms with Crippen molar-refractivity contribution >= 4 is 23.1 Å². The quantitative estimate of drug-likeness (QED) is 0.669. The van der Waals surface area contributed by atoms with Crippen molar-refractivity contribution in [2.75, 3.05) is 5.73 Å². The van der Waals surface area contributed by atoms with Crippen LogP contribution in [-0.4, -0.2) is 5.78 Å². The van der Waals surface area contributed by atoms with Gasteiger partial charge in [0.1, 0.15) is 0 Å². The van der Waals surface area contributed by atoms with Crippen LogP contribution >= 0.6 is 11.6 Å². The van der Waals surface area contributed by atoms with Gasteiger partial charge in [-0.05, 0) is 61.1 Å². The Labute approximate surface area is 123 Å². The van der Waals surface area contributed by atoms with Crippen molar-refractivity contribution in [2.45, 2.75) is 25.7 Å². The maximum Gasteiger partial charge on any atom is 0.194 e. The van der Waals surface area contributed by atoms with Crippen LogP contribution in [0.25, 0.3) is 0 Å². The highest BCUT2D eigenvalue weighted by molar-refractivity contribution is 6.35. The first-order valence-corrected chi connectivity index (χ1v) is 7.24. The molecule has 0 saturated heterocycles. The molecule has 3 rings (SSSR count). The second-order valence-electron chi connectivity index (χ2n) is 5.26. The maximum atomic E-state index is 12.5. The highest BCUT2D eigenvalue weighted by Crippen LogP contribution is 2.26. The van der Waals surface area contributed by atoms with Gasteiger partial charge < -0.3 is 5.73 Å². The first-order valence-electron chi connectivity index (χ1n) is 6.86. The predicted molar refractivity (Wildman–Crippen MR) is 82.4 cm³/mol. The van der Waals surface area contributed by atoms with Crippen LogP contribution in [0.2, 0.25) is 5.02 Å². The predicted octanol–water partition coefficient (Wildman–Crippen LogP) is 4.03. The van der Waals surface area contributed by atoms with Crippen molar-refractivity contribution in [1.29, 1.82) is 0 Å². The van der Waals surface area contributed by atoms with E-state index in [-0.39, 0.29) is 5.78 Å². The minimum Gasteiger partial charge on any atom is -0.399 e. The number of carbonyl (C=O) groups excluding carboxylic acids is 1. The van der Waals surface area contributed by atoms with E-state index in [9.17, 15) is 4.79 Å². The molecule has 0 bridgehead atoms. The summed E-state index contributed by atoms with van der Waals surface area (Å²) in [6, 6.07) is 11.0. The second kappa shape index (κ2) is 5.29. The lowest BCUT2D eigenvalue weighted by Gasteiger charge is -2.16. The molecular formula is C17H16ClNO. The smallest absolute Gasteiger partial charge is 0.194 e. The topological polar surface area (TPSA) is 43.1 Å². The van der Waals surface area contributed by atoms with E-state index in [1.165, 1.54) is 24.0 Å². The fraction of sp³-hybridized carbons (Fsp3) is 0.235. The van der Waals surface area contributed by atoms with Gasteiger partial charge in [-0.15, -0.1) is 0 Å². The number of carbonyl (C=O) groups is 1. The van der Waals surface area contributed by atoms with Gasteiger partial charge in [0.25, 0.3) is 0 Å². The maximum absolute atomic E-state index is 12.5. The van der Waals surface area contributed by atoms with Crippen molar-refractivity contribution in [3.63, 3.8) is 0 Å². The van der Waals surface area contributed by atoms with E-state index < -0.39 is 0 Å². The summed E-state index contributed by atoms with van der Waals surface area (Å²) in [5.74, 6) is -0.0385.